The van der Waals surface area contributed by atoms with Crippen LogP contribution < -0.4 is 10.6 Å². The van der Waals surface area contributed by atoms with Crippen molar-refractivity contribution in [2.45, 2.75) is 26.2 Å². The minimum absolute atomic E-state index is 0.108. The fraction of sp³-hybridized carbons (Fsp3) is 0.462. The predicted octanol–water partition coefficient (Wildman–Crippen LogP) is 1.72. The standard InChI is InChI=1S/C13H18N2O/c1-2-6-14-7-5-10-3-4-12-11(8-10)9-13(16)15-12/h3-4,8,14H,2,5-7,9H2,1H3,(H,15,16). The van der Waals surface area contributed by atoms with Gasteiger partial charge in [0.25, 0.3) is 0 Å². The van der Waals surface area contributed by atoms with Crippen molar-refractivity contribution in [2.24, 2.45) is 0 Å². The van der Waals surface area contributed by atoms with Crippen molar-refractivity contribution in [3.63, 3.8) is 0 Å². The summed E-state index contributed by atoms with van der Waals surface area (Å²) >= 11 is 0. The minimum Gasteiger partial charge on any atom is -0.326 e. The number of nitrogens with one attached hydrogen (secondary N) is 2. The number of rotatable bonds is 5. The van der Waals surface area contributed by atoms with Gasteiger partial charge >= 0.3 is 0 Å². The zero-order chi connectivity index (χ0) is 11.4. The summed E-state index contributed by atoms with van der Waals surface area (Å²) in [6.45, 7) is 4.25. The molecule has 0 aliphatic carbocycles. The molecule has 0 aromatic heterocycles. The zero-order valence-corrected chi connectivity index (χ0v) is 9.68. The monoisotopic (exact) mass is 218 g/mol. The molecule has 0 saturated heterocycles. The van der Waals surface area contributed by atoms with E-state index in [4.69, 9.17) is 0 Å². The highest BCUT2D eigenvalue weighted by Gasteiger charge is 2.16. The van der Waals surface area contributed by atoms with Crippen molar-refractivity contribution in [2.75, 3.05) is 18.4 Å². The molecular formula is C13H18N2O. The third-order valence-electron chi connectivity index (χ3n) is 2.81. The van der Waals surface area contributed by atoms with Gasteiger partial charge in [0.05, 0.1) is 6.42 Å². The maximum absolute atomic E-state index is 11.2. The van der Waals surface area contributed by atoms with Crippen LogP contribution in [0.1, 0.15) is 24.5 Å². The Balaban J connectivity index is 1.92. The molecule has 1 aromatic rings. The maximum Gasteiger partial charge on any atom is 0.228 e. The first-order valence-corrected chi connectivity index (χ1v) is 5.92. The van der Waals surface area contributed by atoms with Crippen LogP contribution in [-0.2, 0) is 17.6 Å². The molecule has 2 rings (SSSR count). The Morgan fingerprint density at radius 1 is 1.38 bits per heavy atom. The van der Waals surface area contributed by atoms with E-state index >= 15 is 0 Å². The molecular weight excluding hydrogens is 200 g/mol. The number of carbonyl (C=O) groups is 1. The highest BCUT2D eigenvalue weighted by molar-refractivity contribution is 5.99. The van der Waals surface area contributed by atoms with Crippen LogP contribution in [0.25, 0.3) is 0 Å². The molecule has 0 fully saturated rings. The van der Waals surface area contributed by atoms with Crippen molar-refractivity contribution in [1.29, 1.82) is 0 Å². The molecule has 3 nitrogen and oxygen atoms in total. The summed E-state index contributed by atoms with van der Waals surface area (Å²) in [6.07, 6.45) is 2.73. The van der Waals surface area contributed by atoms with Gasteiger partial charge < -0.3 is 10.6 Å². The third kappa shape index (κ3) is 2.61. The molecule has 0 spiro atoms. The van der Waals surface area contributed by atoms with Crippen LogP contribution in [0.5, 0.6) is 0 Å². The van der Waals surface area contributed by atoms with E-state index in [1.165, 1.54) is 12.0 Å². The van der Waals surface area contributed by atoms with Crippen LogP contribution in [0.15, 0.2) is 18.2 Å². The van der Waals surface area contributed by atoms with Gasteiger partial charge in [-0.05, 0) is 43.1 Å². The summed E-state index contributed by atoms with van der Waals surface area (Å²) in [6, 6.07) is 6.24. The number of anilines is 1. The van der Waals surface area contributed by atoms with E-state index in [-0.39, 0.29) is 5.91 Å². The van der Waals surface area contributed by atoms with Gasteiger partial charge in [0, 0.05) is 5.69 Å². The Labute approximate surface area is 96.2 Å². The predicted molar refractivity (Wildman–Crippen MR) is 65.6 cm³/mol. The molecule has 1 aliphatic heterocycles. The van der Waals surface area contributed by atoms with Crippen LogP contribution in [-0.4, -0.2) is 19.0 Å². The molecule has 16 heavy (non-hydrogen) atoms. The van der Waals surface area contributed by atoms with Crippen molar-refractivity contribution < 1.29 is 4.79 Å². The SMILES string of the molecule is CCCNCCc1ccc2c(c1)CC(=O)N2. The van der Waals surface area contributed by atoms with E-state index in [2.05, 4.69) is 29.7 Å². The van der Waals surface area contributed by atoms with Gasteiger partial charge in [-0.1, -0.05) is 19.1 Å². The molecule has 1 heterocycles. The van der Waals surface area contributed by atoms with Gasteiger partial charge in [0.1, 0.15) is 0 Å². The Morgan fingerprint density at radius 3 is 3.06 bits per heavy atom. The topological polar surface area (TPSA) is 41.1 Å². The molecule has 0 radical (unpaired) electrons. The Bertz CT molecular complexity index is 388. The van der Waals surface area contributed by atoms with Gasteiger partial charge in [-0.25, -0.2) is 0 Å². The third-order valence-corrected chi connectivity index (χ3v) is 2.81. The van der Waals surface area contributed by atoms with Crippen LogP contribution >= 0.6 is 0 Å². The molecule has 1 aliphatic rings. The highest BCUT2D eigenvalue weighted by Crippen LogP contribution is 2.23. The lowest BCUT2D eigenvalue weighted by molar-refractivity contribution is -0.115. The average Bonchev–Trinajstić information content (AvgIpc) is 2.64. The smallest absolute Gasteiger partial charge is 0.228 e. The molecule has 86 valence electrons. The van der Waals surface area contributed by atoms with Gasteiger partial charge in [-0.3, -0.25) is 4.79 Å². The van der Waals surface area contributed by atoms with Crippen molar-refractivity contribution in [3.05, 3.63) is 29.3 Å². The summed E-state index contributed by atoms with van der Waals surface area (Å²) in [5, 5.41) is 6.22. The van der Waals surface area contributed by atoms with Crippen LogP contribution in [0.2, 0.25) is 0 Å². The second-order valence-electron chi connectivity index (χ2n) is 4.22. The molecule has 0 bridgehead atoms. The van der Waals surface area contributed by atoms with Gasteiger partial charge in [0.2, 0.25) is 5.91 Å². The molecule has 1 aromatic carbocycles. The largest absolute Gasteiger partial charge is 0.326 e. The molecule has 0 atom stereocenters. The molecule has 0 saturated carbocycles. The molecule has 3 heteroatoms. The maximum atomic E-state index is 11.2. The molecule has 2 N–H and O–H groups in total. The van der Waals surface area contributed by atoms with E-state index < -0.39 is 0 Å². The summed E-state index contributed by atoms with van der Waals surface area (Å²) in [5.74, 6) is 0.108. The Kier molecular flexibility index (Phi) is 3.57. The normalized spacial score (nSPS) is 13.7. The number of hydrogen-bond donors (Lipinski definition) is 2. The van der Waals surface area contributed by atoms with Crippen LogP contribution in [0.4, 0.5) is 5.69 Å². The highest BCUT2D eigenvalue weighted by atomic mass is 16.1. The second-order valence-corrected chi connectivity index (χ2v) is 4.22. The molecule has 0 unspecified atom stereocenters. The fourth-order valence-corrected chi connectivity index (χ4v) is 1.97. The Morgan fingerprint density at radius 2 is 2.25 bits per heavy atom. The van der Waals surface area contributed by atoms with E-state index in [0.29, 0.717) is 6.42 Å². The lowest BCUT2D eigenvalue weighted by Gasteiger charge is -2.05. The van der Waals surface area contributed by atoms with E-state index in [1.807, 2.05) is 6.07 Å². The lowest BCUT2D eigenvalue weighted by Crippen LogP contribution is -2.17. The number of carbonyl (C=O) groups excluding carboxylic acids is 1. The van der Waals surface area contributed by atoms with Crippen molar-refractivity contribution in [3.8, 4) is 0 Å². The van der Waals surface area contributed by atoms with Crippen LogP contribution in [0.3, 0.4) is 0 Å². The quantitative estimate of drug-likeness (QED) is 0.739. The number of benzene rings is 1. The van der Waals surface area contributed by atoms with Crippen molar-refractivity contribution in [1.82, 2.24) is 5.32 Å². The van der Waals surface area contributed by atoms with E-state index in [9.17, 15) is 4.79 Å². The molecule has 1 amide bonds. The zero-order valence-electron chi connectivity index (χ0n) is 9.68. The van der Waals surface area contributed by atoms with E-state index in [0.717, 1.165) is 30.8 Å². The summed E-state index contributed by atoms with van der Waals surface area (Å²) < 4.78 is 0. The average molecular weight is 218 g/mol. The van der Waals surface area contributed by atoms with E-state index in [1.54, 1.807) is 0 Å². The number of fused-ring (bicyclic) bond motifs is 1. The summed E-state index contributed by atoms with van der Waals surface area (Å²) in [4.78, 5) is 11.2. The lowest BCUT2D eigenvalue weighted by atomic mass is 10.1. The first-order valence-electron chi connectivity index (χ1n) is 5.92. The van der Waals surface area contributed by atoms with Gasteiger partial charge in [0.15, 0.2) is 0 Å². The number of hydrogen-bond acceptors (Lipinski definition) is 2. The fourth-order valence-electron chi connectivity index (χ4n) is 1.97. The first-order chi connectivity index (χ1) is 7.79. The van der Waals surface area contributed by atoms with Crippen molar-refractivity contribution >= 4 is 11.6 Å². The summed E-state index contributed by atoms with van der Waals surface area (Å²) in [7, 11) is 0. The summed E-state index contributed by atoms with van der Waals surface area (Å²) in [5.41, 5.74) is 3.42. The Hall–Kier alpha value is -1.35. The second kappa shape index (κ2) is 5.12. The van der Waals surface area contributed by atoms with Gasteiger partial charge in [-0.2, -0.15) is 0 Å². The minimum atomic E-state index is 0.108. The van der Waals surface area contributed by atoms with Crippen LogP contribution in [0, 0.1) is 0 Å². The first kappa shape index (κ1) is 11.1. The van der Waals surface area contributed by atoms with Gasteiger partial charge in [-0.15, -0.1) is 0 Å². The number of amides is 1.